The Kier molecular flexibility index (Phi) is 9.44. The summed E-state index contributed by atoms with van der Waals surface area (Å²) in [6, 6.07) is 37.9. The van der Waals surface area contributed by atoms with Crippen molar-refractivity contribution in [3.63, 3.8) is 0 Å². The minimum atomic E-state index is -1.03. The molecule has 46 heavy (non-hydrogen) atoms. The maximum Gasteiger partial charge on any atom is 0.408 e. The number of fused-ring (bicyclic) bond motifs is 2. The predicted molar refractivity (Wildman–Crippen MR) is 176 cm³/mol. The lowest BCUT2D eigenvalue weighted by Gasteiger charge is -2.22. The van der Waals surface area contributed by atoms with Crippen molar-refractivity contribution in [1.82, 2.24) is 15.6 Å². The van der Waals surface area contributed by atoms with Gasteiger partial charge in [0.15, 0.2) is 5.58 Å². The van der Waals surface area contributed by atoms with Crippen LogP contribution in [0, 0.1) is 0 Å². The highest BCUT2D eigenvalue weighted by Crippen LogP contribution is 2.19. The van der Waals surface area contributed by atoms with Crippen molar-refractivity contribution in [1.29, 1.82) is 0 Å². The third-order valence-corrected chi connectivity index (χ3v) is 7.78. The number of aromatic nitrogens is 1. The number of carbonyl (C=O) groups excluding carboxylic acids is 3. The Labute approximate surface area is 266 Å². The number of para-hydroxylation sites is 2. The monoisotopic (exact) mass is 611 g/mol. The molecule has 1 aromatic heterocycles. The molecular formula is C38H33N3O5. The first-order chi connectivity index (χ1) is 22.5. The second-order valence-electron chi connectivity index (χ2n) is 11.1. The molecule has 230 valence electrons. The van der Waals surface area contributed by atoms with Crippen molar-refractivity contribution in [2.75, 3.05) is 0 Å². The molecule has 0 saturated heterocycles. The van der Waals surface area contributed by atoms with Crippen LogP contribution in [0.2, 0.25) is 0 Å². The fraction of sp³-hybridized carbons (Fsp3) is 0.158. The molecule has 2 atom stereocenters. The van der Waals surface area contributed by atoms with Gasteiger partial charge in [-0.15, -0.1) is 0 Å². The van der Waals surface area contributed by atoms with Gasteiger partial charge in [-0.3, -0.25) is 9.59 Å². The number of amides is 2. The summed E-state index contributed by atoms with van der Waals surface area (Å²) < 4.78 is 11.2. The van der Waals surface area contributed by atoms with Crippen LogP contribution in [0.25, 0.3) is 21.9 Å². The molecule has 0 spiro atoms. The van der Waals surface area contributed by atoms with Gasteiger partial charge in [-0.1, -0.05) is 115 Å². The van der Waals surface area contributed by atoms with Gasteiger partial charge >= 0.3 is 6.09 Å². The van der Waals surface area contributed by atoms with E-state index in [1.807, 2.05) is 109 Å². The first-order valence-electron chi connectivity index (χ1n) is 15.2. The number of hydrogen-bond donors (Lipinski definition) is 2. The maximum absolute atomic E-state index is 14.0. The van der Waals surface area contributed by atoms with Crippen LogP contribution in [0.15, 0.2) is 132 Å². The number of aryl methyl sites for hydroxylation is 1. The average Bonchev–Trinajstić information content (AvgIpc) is 3.54. The highest BCUT2D eigenvalue weighted by atomic mass is 16.5. The van der Waals surface area contributed by atoms with Crippen LogP contribution >= 0.6 is 0 Å². The van der Waals surface area contributed by atoms with E-state index in [0.717, 1.165) is 27.5 Å². The number of rotatable bonds is 12. The van der Waals surface area contributed by atoms with Gasteiger partial charge in [0.05, 0.1) is 6.04 Å². The quantitative estimate of drug-likeness (QED) is 0.147. The number of alkyl carbamates (subject to hydrolysis) is 1. The first-order valence-corrected chi connectivity index (χ1v) is 15.2. The predicted octanol–water partition coefficient (Wildman–Crippen LogP) is 6.82. The van der Waals surface area contributed by atoms with Crippen molar-refractivity contribution in [2.45, 2.75) is 38.0 Å². The molecule has 6 rings (SSSR count). The van der Waals surface area contributed by atoms with Gasteiger partial charge < -0.3 is 19.8 Å². The zero-order chi connectivity index (χ0) is 31.7. The second-order valence-corrected chi connectivity index (χ2v) is 11.1. The van der Waals surface area contributed by atoms with Crippen LogP contribution in [0.1, 0.15) is 33.8 Å². The zero-order valence-electron chi connectivity index (χ0n) is 25.1. The summed E-state index contributed by atoms with van der Waals surface area (Å²) in [6.07, 6.45) is 0.268. The van der Waals surface area contributed by atoms with Crippen molar-refractivity contribution in [3.8, 4) is 0 Å². The van der Waals surface area contributed by atoms with Crippen LogP contribution in [0.4, 0.5) is 4.79 Å². The van der Waals surface area contributed by atoms with Crippen molar-refractivity contribution in [3.05, 3.63) is 150 Å². The third-order valence-electron chi connectivity index (χ3n) is 7.78. The molecule has 0 aliphatic carbocycles. The van der Waals surface area contributed by atoms with Gasteiger partial charge in [0.25, 0.3) is 5.89 Å². The van der Waals surface area contributed by atoms with E-state index in [1.165, 1.54) is 0 Å². The Hall–Kier alpha value is -5.76. The topological polar surface area (TPSA) is 111 Å². The van der Waals surface area contributed by atoms with Crippen LogP contribution in [0.5, 0.6) is 0 Å². The summed E-state index contributed by atoms with van der Waals surface area (Å²) in [5.74, 6) is -1.05. The number of Topliss-reactive ketones (excluding diaryl/α,β-unsaturated/α-hetero) is 1. The molecule has 5 aromatic carbocycles. The molecule has 0 aliphatic rings. The smallest absolute Gasteiger partial charge is 0.408 e. The standard InChI is InChI=1S/C38H33N3O5/c42-35(37-40-31-17-9-10-18-34(31)46-37)32(22-20-26-11-3-1-4-12-26)39-36(43)33(41-38(44)45-25-27-13-5-2-6-14-27)24-28-19-21-29-15-7-8-16-30(29)23-28/h1-19,21,23,32-33H,20,22,24-25H2,(H,39,43)(H,41,44)/t32-,33-/m0/s1. The van der Waals surface area contributed by atoms with E-state index < -0.39 is 29.9 Å². The largest absolute Gasteiger partial charge is 0.445 e. The number of oxazole rings is 1. The van der Waals surface area contributed by atoms with Gasteiger partial charge in [-0.05, 0) is 52.4 Å². The summed E-state index contributed by atoms with van der Waals surface area (Å²) in [5.41, 5.74) is 3.71. The number of ether oxygens (including phenoxy) is 1. The number of carbonyl (C=O) groups is 3. The zero-order valence-corrected chi connectivity index (χ0v) is 25.1. The lowest BCUT2D eigenvalue weighted by molar-refractivity contribution is -0.123. The summed E-state index contributed by atoms with van der Waals surface area (Å²) in [7, 11) is 0. The highest BCUT2D eigenvalue weighted by molar-refractivity contribution is 6.01. The Morgan fingerprint density at radius 1 is 0.674 bits per heavy atom. The normalized spacial score (nSPS) is 12.3. The summed E-state index contributed by atoms with van der Waals surface area (Å²) >= 11 is 0. The van der Waals surface area contributed by atoms with E-state index in [0.29, 0.717) is 23.9 Å². The van der Waals surface area contributed by atoms with Crippen molar-refractivity contribution >= 4 is 39.7 Å². The van der Waals surface area contributed by atoms with Crippen LogP contribution < -0.4 is 10.6 Å². The molecule has 8 nitrogen and oxygen atoms in total. The van der Waals surface area contributed by atoms with E-state index in [1.54, 1.807) is 18.2 Å². The first kappa shape index (κ1) is 30.3. The molecule has 0 bridgehead atoms. The number of nitrogens with one attached hydrogen (secondary N) is 2. The third kappa shape index (κ3) is 7.65. The average molecular weight is 612 g/mol. The lowest BCUT2D eigenvalue weighted by atomic mass is 9.99. The molecule has 6 aromatic rings. The molecule has 8 heteroatoms. The molecule has 0 unspecified atom stereocenters. The minimum Gasteiger partial charge on any atom is -0.445 e. The van der Waals surface area contributed by atoms with E-state index in [2.05, 4.69) is 15.6 Å². The van der Waals surface area contributed by atoms with Gasteiger partial charge in [0.1, 0.15) is 18.2 Å². The molecule has 1 heterocycles. The summed E-state index contributed by atoms with van der Waals surface area (Å²) in [4.78, 5) is 45.1. The van der Waals surface area contributed by atoms with Gasteiger partial charge in [-0.25, -0.2) is 9.78 Å². The van der Waals surface area contributed by atoms with Gasteiger partial charge in [-0.2, -0.15) is 0 Å². The Morgan fingerprint density at radius 2 is 1.35 bits per heavy atom. The Balaban J connectivity index is 1.24. The van der Waals surface area contributed by atoms with E-state index in [9.17, 15) is 14.4 Å². The van der Waals surface area contributed by atoms with E-state index >= 15 is 0 Å². The molecule has 2 N–H and O–H groups in total. The lowest BCUT2D eigenvalue weighted by Crippen LogP contribution is -2.52. The summed E-state index contributed by atoms with van der Waals surface area (Å²) in [5, 5.41) is 7.72. The fourth-order valence-electron chi connectivity index (χ4n) is 5.34. The van der Waals surface area contributed by atoms with Gasteiger partial charge in [0.2, 0.25) is 11.7 Å². The maximum atomic E-state index is 14.0. The van der Waals surface area contributed by atoms with Crippen molar-refractivity contribution < 1.29 is 23.5 Å². The SMILES string of the molecule is O=C(N[C@@H](Cc1ccc2ccccc2c1)C(=O)N[C@@H](CCc1ccccc1)C(=O)c1nc2ccccc2o1)OCc1ccccc1. The highest BCUT2D eigenvalue weighted by Gasteiger charge is 2.30. The summed E-state index contributed by atoms with van der Waals surface area (Å²) in [6.45, 7) is 0.0485. The molecular weight excluding hydrogens is 578 g/mol. The molecule has 0 fully saturated rings. The number of benzene rings is 5. The second kappa shape index (κ2) is 14.3. The minimum absolute atomic E-state index is 0.0485. The Bertz CT molecular complexity index is 1920. The van der Waals surface area contributed by atoms with Crippen molar-refractivity contribution in [2.24, 2.45) is 0 Å². The molecule has 0 saturated carbocycles. The molecule has 0 radical (unpaired) electrons. The molecule has 2 amide bonds. The number of hydrogen-bond acceptors (Lipinski definition) is 6. The van der Waals surface area contributed by atoms with Gasteiger partial charge in [0, 0.05) is 6.42 Å². The Morgan fingerprint density at radius 3 is 2.11 bits per heavy atom. The van der Waals surface area contributed by atoms with E-state index in [-0.39, 0.29) is 18.9 Å². The van der Waals surface area contributed by atoms with Crippen LogP contribution in [-0.2, 0) is 29.0 Å². The fourth-order valence-corrected chi connectivity index (χ4v) is 5.34. The van der Waals surface area contributed by atoms with Crippen LogP contribution in [-0.4, -0.2) is 34.9 Å². The number of ketones is 1. The molecule has 0 aliphatic heterocycles. The number of nitrogens with zero attached hydrogens (tertiary/aromatic N) is 1. The van der Waals surface area contributed by atoms with E-state index in [4.69, 9.17) is 9.15 Å². The van der Waals surface area contributed by atoms with Crippen LogP contribution in [0.3, 0.4) is 0 Å².